The molecule has 1 amide bonds. The van der Waals surface area contributed by atoms with Gasteiger partial charge in [0.05, 0.1) is 19.1 Å². The number of likely N-dealkylation sites (N-methyl/N-ethyl adjacent to an activating group) is 1. The molecule has 0 aliphatic heterocycles. The van der Waals surface area contributed by atoms with Crippen molar-refractivity contribution in [1.29, 1.82) is 0 Å². The van der Waals surface area contributed by atoms with Crippen LogP contribution in [0.4, 0.5) is 4.79 Å². The van der Waals surface area contributed by atoms with Crippen LogP contribution in [0.15, 0.2) is 42.9 Å². The smallest absolute Gasteiger partial charge is 0.408 e. The predicted octanol–water partition coefficient (Wildman–Crippen LogP) is 1.92. The number of H-pyrrole nitrogens is 1. The largest absolute Gasteiger partial charge is 0.480 e. The molecule has 10 nitrogen and oxygen atoms in total. The van der Waals surface area contributed by atoms with Crippen molar-refractivity contribution < 1.29 is 29.0 Å². The van der Waals surface area contributed by atoms with Gasteiger partial charge in [-0.15, -0.1) is 0 Å². The summed E-state index contributed by atoms with van der Waals surface area (Å²) in [6.45, 7) is 5.17. The number of carbonyl (C=O) groups excluding carboxylic acids is 2. The van der Waals surface area contributed by atoms with E-state index in [-0.39, 0.29) is 18.4 Å². The number of rotatable bonds is 8. The molecule has 1 heterocycles. The Labute approximate surface area is 187 Å². The SMILES string of the molecule is CC(C)(C)OC(=O)N[C@@H](Cc1ccccc1)C(=O)O.CN[C@@H](Cc1c[nH]cn1)C(=O)OC. The number of imidazole rings is 1. The Kier molecular flexibility index (Phi) is 10.9. The number of carbonyl (C=O) groups is 3. The molecule has 0 fully saturated rings. The molecular weight excluding hydrogens is 416 g/mol. The van der Waals surface area contributed by atoms with Crippen LogP contribution in [0, 0.1) is 0 Å². The molecular formula is C22H32N4O6. The predicted molar refractivity (Wildman–Crippen MR) is 118 cm³/mol. The zero-order chi connectivity index (χ0) is 24.1. The fourth-order valence-corrected chi connectivity index (χ4v) is 2.56. The molecule has 1 aromatic carbocycles. The summed E-state index contributed by atoms with van der Waals surface area (Å²) < 4.78 is 9.66. The lowest BCUT2D eigenvalue weighted by molar-refractivity contribution is -0.143. The molecule has 32 heavy (non-hydrogen) atoms. The number of aliphatic carboxylic acids is 1. The Balaban J connectivity index is 0.000000343. The highest BCUT2D eigenvalue weighted by molar-refractivity contribution is 5.80. The molecule has 4 N–H and O–H groups in total. The number of benzene rings is 1. The molecule has 0 radical (unpaired) electrons. The molecule has 10 heteroatoms. The van der Waals surface area contributed by atoms with Crippen molar-refractivity contribution in [2.75, 3.05) is 14.2 Å². The van der Waals surface area contributed by atoms with Crippen molar-refractivity contribution >= 4 is 18.0 Å². The van der Waals surface area contributed by atoms with Crippen molar-refractivity contribution in [3.05, 3.63) is 54.1 Å². The first-order valence-corrected chi connectivity index (χ1v) is 10.0. The Bertz CT molecular complexity index is 834. The number of carboxylic acids is 1. The van der Waals surface area contributed by atoms with E-state index in [0.717, 1.165) is 11.3 Å². The zero-order valence-corrected chi connectivity index (χ0v) is 19.0. The van der Waals surface area contributed by atoms with Crippen molar-refractivity contribution in [2.24, 2.45) is 0 Å². The lowest BCUT2D eigenvalue weighted by Gasteiger charge is -2.22. The number of esters is 1. The molecule has 0 unspecified atom stereocenters. The van der Waals surface area contributed by atoms with Crippen LogP contribution in [0.2, 0.25) is 0 Å². The van der Waals surface area contributed by atoms with E-state index in [2.05, 4.69) is 25.3 Å². The van der Waals surface area contributed by atoms with Crippen molar-refractivity contribution in [3.8, 4) is 0 Å². The molecule has 0 aliphatic carbocycles. The minimum Gasteiger partial charge on any atom is -0.480 e. The number of nitrogens with one attached hydrogen (secondary N) is 3. The van der Waals surface area contributed by atoms with Gasteiger partial charge in [-0.3, -0.25) is 4.79 Å². The molecule has 0 spiro atoms. The lowest BCUT2D eigenvalue weighted by atomic mass is 10.1. The second-order valence-corrected chi connectivity index (χ2v) is 7.86. The third kappa shape index (κ3) is 10.6. The molecule has 0 aliphatic rings. The van der Waals surface area contributed by atoms with Crippen LogP contribution in [0.1, 0.15) is 32.0 Å². The second kappa shape index (κ2) is 13.1. The van der Waals surface area contributed by atoms with E-state index in [0.29, 0.717) is 6.42 Å². The topological polar surface area (TPSA) is 143 Å². The van der Waals surface area contributed by atoms with E-state index in [9.17, 15) is 14.4 Å². The minimum absolute atomic E-state index is 0.218. The minimum atomic E-state index is -1.09. The number of aromatic amines is 1. The standard InChI is InChI=1S/C14H19NO4.C8H13N3O2/c1-14(2,3)19-13(18)15-11(12(16)17)9-10-7-5-4-6-8-10;1-9-7(8(12)13-2)3-6-4-10-5-11-6/h4-8,11H,9H2,1-3H3,(H,15,18)(H,16,17);4-5,7,9H,3H2,1-2H3,(H,10,11)/t11-;7-/m00/s1. The van der Waals surface area contributed by atoms with Crippen LogP contribution in [0.25, 0.3) is 0 Å². The summed E-state index contributed by atoms with van der Waals surface area (Å²) in [6, 6.07) is 7.79. The molecule has 0 bridgehead atoms. The maximum Gasteiger partial charge on any atom is 0.408 e. The van der Waals surface area contributed by atoms with Gasteiger partial charge in [-0.2, -0.15) is 0 Å². The van der Waals surface area contributed by atoms with Crippen molar-refractivity contribution in [3.63, 3.8) is 0 Å². The van der Waals surface area contributed by atoms with Crippen LogP contribution in [0.5, 0.6) is 0 Å². The average molecular weight is 449 g/mol. The quantitative estimate of drug-likeness (QED) is 0.449. The lowest BCUT2D eigenvalue weighted by Crippen LogP contribution is -2.44. The first kappa shape index (κ1) is 26.6. The van der Waals surface area contributed by atoms with Gasteiger partial charge in [0.15, 0.2) is 0 Å². The Morgan fingerprint density at radius 3 is 2.25 bits per heavy atom. The average Bonchev–Trinajstić information content (AvgIpc) is 3.24. The Morgan fingerprint density at radius 2 is 1.78 bits per heavy atom. The van der Waals surface area contributed by atoms with Crippen LogP contribution < -0.4 is 10.6 Å². The fourth-order valence-electron chi connectivity index (χ4n) is 2.56. The summed E-state index contributed by atoms with van der Waals surface area (Å²) in [7, 11) is 3.09. The van der Waals surface area contributed by atoms with E-state index >= 15 is 0 Å². The number of hydrogen-bond acceptors (Lipinski definition) is 7. The summed E-state index contributed by atoms with van der Waals surface area (Å²) in [5.41, 5.74) is 1.02. The summed E-state index contributed by atoms with van der Waals surface area (Å²) in [6.07, 6.45) is 3.37. The van der Waals surface area contributed by atoms with Gasteiger partial charge < -0.3 is 30.2 Å². The van der Waals surface area contributed by atoms with E-state index in [1.165, 1.54) is 7.11 Å². The van der Waals surface area contributed by atoms with Gasteiger partial charge in [0, 0.05) is 19.0 Å². The molecule has 2 aromatic rings. The van der Waals surface area contributed by atoms with Gasteiger partial charge in [-0.05, 0) is 33.4 Å². The maximum absolute atomic E-state index is 11.6. The Morgan fingerprint density at radius 1 is 1.12 bits per heavy atom. The normalized spacial score (nSPS) is 12.5. The molecule has 0 saturated heterocycles. The van der Waals surface area contributed by atoms with Crippen LogP contribution in [-0.4, -0.2) is 64.9 Å². The van der Waals surface area contributed by atoms with E-state index < -0.39 is 23.7 Å². The number of hydrogen-bond donors (Lipinski definition) is 4. The molecule has 2 atom stereocenters. The van der Waals surface area contributed by atoms with Crippen LogP contribution in [-0.2, 0) is 31.9 Å². The second-order valence-electron chi connectivity index (χ2n) is 7.86. The van der Waals surface area contributed by atoms with Gasteiger partial charge in [-0.1, -0.05) is 30.3 Å². The molecule has 0 saturated carbocycles. The van der Waals surface area contributed by atoms with E-state index in [1.54, 1.807) is 40.3 Å². The third-order valence-electron chi connectivity index (χ3n) is 4.07. The van der Waals surface area contributed by atoms with Crippen LogP contribution in [0.3, 0.4) is 0 Å². The number of nitrogens with zero attached hydrogens (tertiary/aromatic N) is 1. The van der Waals surface area contributed by atoms with Crippen LogP contribution >= 0.6 is 0 Å². The summed E-state index contributed by atoms with van der Waals surface area (Å²) in [4.78, 5) is 40.7. The fraction of sp³-hybridized carbons (Fsp3) is 0.455. The highest BCUT2D eigenvalue weighted by atomic mass is 16.6. The number of methoxy groups -OCH3 is 1. The number of carboxylic acid groups (broad SMARTS) is 1. The number of aromatic nitrogens is 2. The van der Waals surface area contributed by atoms with Gasteiger partial charge in [-0.25, -0.2) is 14.6 Å². The number of alkyl carbamates (subject to hydrolysis) is 1. The van der Waals surface area contributed by atoms with Gasteiger partial charge in [0.25, 0.3) is 0 Å². The zero-order valence-electron chi connectivity index (χ0n) is 19.0. The monoisotopic (exact) mass is 448 g/mol. The first-order chi connectivity index (χ1) is 15.1. The maximum atomic E-state index is 11.6. The first-order valence-electron chi connectivity index (χ1n) is 10.0. The van der Waals surface area contributed by atoms with Crippen molar-refractivity contribution in [1.82, 2.24) is 20.6 Å². The number of amides is 1. The van der Waals surface area contributed by atoms with Gasteiger partial charge in [0.1, 0.15) is 17.7 Å². The molecule has 176 valence electrons. The van der Waals surface area contributed by atoms with Gasteiger partial charge in [0.2, 0.25) is 0 Å². The van der Waals surface area contributed by atoms with Gasteiger partial charge >= 0.3 is 18.0 Å². The third-order valence-corrected chi connectivity index (χ3v) is 4.07. The summed E-state index contributed by atoms with van der Waals surface area (Å²) >= 11 is 0. The van der Waals surface area contributed by atoms with E-state index in [1.807, 2.05) is 30.3 Å². The highest BCUT2D eigenvalue weighted by Crippen LogP contribution is 2.08. The van der Waals surface area contributed by atoms with Crippen molar-refractivity contribution in [2.45, 2.75) is 51.3 Å². The summed E-state index contributed by atoms with van der Waals surface area (Å²) in [5, 5.41) is 14.3. The Hall–Kier alpha value is -3.40. The van der Waals surface area contributed by atoms with E-state index in [4.69, 9.17) is 9.84 Å². The molecule has 1 aromatic heterocycles. The molecule has 2 rings (SSSR count). The number of ether oxygens (including phenoxy) is 2. The highest BCUT2D eigenvalue weighted by Gasteiger charge is 2.24. The summed E-state index contributed by atoms with van der Waals surface area (Å²) in [5.74, 6) is -1.36.